The van der Waals surface area contributed by atoms with E-state index in [0.29, 0.717) is 12.0 Å². The average Bonchev–Trinajstić information content (AvgIpc) is 2.37. The van der Waals surface area contributed by atoms with Gasteiger partial charge in [0.05, 0.1) is 20.3 Å². The number of ether oxygens (including phenoxy) is 2. The van der Waals surface area contributed by atoms with Crippen molar-refractivity contribution in [1.29, 1.82) is 0 Å². The fourth-order valence-electron chi connectivity index (χ4n) is 1.64. The molecule has 19 heavy (non-hydrogen) atoms. The number of hydrogen-bond donors (Lipinski definition) is 1. The number of nitrogens with one attached hydrogen (secondary N) is 1. The molecule has 0 aromatic heterocycles. The fraction of sp³-hybridized carbons (Fsp3) is 0.625. The van der Waals surface area contributed by atoms with Crippen molar-refractivity contribution in [2.75, 3.05) is 26.8 Å². The zero-order valence-corrected chi connectivity index (χ0v) is 12.7. The molecule has 0 unspecified atom stereocenters. The van der Waals surface area contributed by atoms with E-state index in [2.05, 4.69) is 26.1 Å². The molecule has 0 aliphatic heterocycles. The maximum Gasteiger partial charge on any atom is 0.118 e. The van der Waals surface area contributed by atoms with Crippen LogP contribution in [0.1, 0.15) is 32.8 Å². The van der Waals surface area contributed by atoms with E-state index in [1.54, 1.807) is 7.11 Å². The lowest BCUT2D eigenvalue weighted by atomic mass is 9.92. The first-order valence-electron chi connectivity index (χ1n) is 6.93. The van der Waals surface area contributed by atoms with Crippen LogP contribution in [0.4, 0.5) is 0 Å². The van der Waals surface area contributed by atoms with Crippen LogP contribution in [0.5, 0.6) is 5.75 Å². The third kappa shape index (κ3) is 7.85. The first kappa shape index (κ1) is 16.0. The minimum absolute atomic E-state index is 0.400. The molecule has 0 bridgehead atoms. The van der Waals surface area contributed by atoms with Crippen LogP contribution >= 0.6 is 0 Å². The van der Waals surface area contributed by atoms with Gasteiger partial charge in [0.25, 0.3) is 0 Å². The van der Waals surface area contributed by atoms with Crippen LogP contribution in [0.3, 0.4) is 0 Å². The van der Waals surface area contributed by atoms with E-state index in [4.69, 9.17) is 9.47 Å². The van der Waals surface area contributed by atoms with Gasteiger partial charge < -0.3 is 14.8 Å². The van der Waals surface area contributed by atoms with Crippen molar-refractivity contribution in [3.63, 3.8) is 0 Å². The molecule has 3 nitrogen and oxygen atoms in total. The molecule has 0 saturated carbocycles. The van der Waals surface area contributed by atoms with E-state index in [1.165, 1.54) is 12.0 Å². The highest BCUT2D eigenvalue weighted by molar-refractivity contribution is 5.26. The molecular formula is C16H27NO2. The predicted molar refractivity (Wildman–Crippen MR) is 79.6 cm³/mol. The van der Waals surface area contributed by atoms with E-state index >= 15 is 0 Å². The number of hydrogen-bond acceptors (Lipinski definition) is 3. The minimum Gasteiger partial charge on any atom is -0.497 e. The highest BCUT2D eigenvalue weighted by atomic mass is 16.5. The molecule has 0 saturated heterocycles. The van der Waals surface area contributed by atoms with Gasteiger partial charge in [-0.05, 0) is 36.1 Å². The van der Waals surface area contributed by atoms with Gasteiger partial charge >= 0.3 is 0 Å². The molecule has 0 atom stereocenters. The highest BCUT2D eigenvalue weighted by Crippen LogP contribution is 2.16. The van der Waals surface area contributed by atoms with Crippen molar-refractivity contribution >= 4 is 0 Å². The average molecular weight is 265 g/mol. The Morgan fingerprint density at radius 1 is 1.05 bits per heavy atom. The van der Waals surface area contributed by atoms with Crippen molar-refractivity contribution in [2.24, 2.45) is 5.41 Å². The lowest BCUT2D eigenvalue weighted by Gasteiger charge is -2.18. The molecule has 0 heterocycles. The van der Waals surface area contributed by atoms with Crippen molar-refractivity contribution in [3.8, 4) is 5.75 Å². The van der Waals surface area contributed by atoms with Gasteiger partial charge in [0.2, 0.25) is 0 Å². The summed E-state index contributed by atoms with van der Waals surface area (Å²) < 4.78 is 10.7. The predicted octanol–water partition coefficient (Wildman–Crippen LogP) is 3.24. The van der Waals surface area contributed by atoms with Gasteiger partial charge in [-0.15, -0.1) is 0 Å². The topological polar surface area (TPSA) is 30.5 Å². The van der Waals surface area contributed by atoms with E-state index in [0.717, 1.165) is 25.4 Å². The molecule has 108 valence electrons. The summed E-state index contributed by atoms with van der Waals surface area (Å²) in [7, 11) is 1.68. The Labute approximate surface area is 117 Å². The van der Waals surface area contributed by atoms with E-state index in [1.807, 2.05) is 24.3 Å². The fourth-order valence-corrected chi connectivity index (χ4v) is 1.64. The Bertz CT molecular complexity index is 341. The van der Waals surface area contributed by atoms with Crippen molar-refractivity contribution < 1.29 is 9.47 Å². The Morgan fingerprint density at radius 2 is 1.74 bits per heavy atom. The number of methoxy groups -OCH3 is 1. The molecule has 0 aliphatic carbocycles. The maximum atomic E-state index is 5.62. The second kappa shape index (κ2) is 8.18. The van der Waals surface area contributed by atoms with Gasteiger partial charge in [0, 0.05) is 6.54 Å². The monoisotopic (exact) mass is 265 g/mol. The molecule has 0 fully saturated rings. The molecule has 1 rings (SSSR count). The van der Waals surface area contributed by atoms with Gasteiger partial charge in [-0.25, -0.2) is 0 Å². The molecular weight excluding hydrogens is 238 g/mol. The Morgan fingerprint density at radius 3 is 2.32 bits per heavy atom. The van der Waals surface area contributed by atoms with Crippen LogP contribution in [0.15, 0.2) is 24.3 Å². The summed E-state index contributed by atoms with van der Waals surface area (Å²) in [6.45, 7) is 10.1. The van der Waals surface area contributed by atoms with Gasteiger partial charge in [-0.1, -0.05) is 32.9 Å². The van der Waals surface area contributed by atoms with Crippen LogP contribution in [-0.4, -0.2) is 26.8 Å². The molecule has 1 aromatic carbocycles. The van der Waals surface area contributed by atoms with E-state index < -0.39 is 0 Å². The zero-order valence-electron chi connectivity index (χ0n) is 12.7. The summed E-state index contributed by atoms with van der Waals surface area (Å²) in [5, 5.41) is 3.40. The molecule has 3 heteroatoms. The standard InChI is InChI=1S/C16H27NO2/c1-16(2,3)9-10-17-11-12-19-13-14-5-7-15(18-4)8-6-14/h5-8,17H,9-13H2,1-4H3. The van der Waals surface area contributed by atoms with Crippen molar-refractivity contribution in [1.82, 2.24) is 5.32 Å². The molecule has 1 N–H and O–H groups in total. The summed E-state index contributed by atoms with van der Waals surface area (Å²) in [6.07, 6.45) is 1.19. The second-order valence-electron chi connectivity index (χ2n) is 5.96. The quantitative estimate of drug-likeness (QED) is 0.732. The number of rotatable bonds is 8. The normalized spacial score (nSPS) is 11.6. The van der Waals surface area contributed by atoms with Crippen molar-refractivity contribution in [3.05, 3.63) is 29.8 Å². The third-order valence-corrected chi connectivity index (χ3v) is 2.90. The Hall–Kier alpha value is -1.06. The Balaban J connectivity index is 2.04. The maximum absolute atomic E-state index is 5.62. The molecule has 0 aliphatic rings. The second-order valence-corrected chi connectivity index (χ2v) is 5.96. The molecule has 0 radical (unpaired) electrons. The van der Waals surface area contributed by atoms with Gasteiger partial charge in [-0.3, -0.25) is 0 Å². The number of benzene rings is 1. The summed E-state index contributed by atoms with van der Waals surface area (Å²) >= 11 is 0. The van der Waals surface area contributed by atoms with Crippen LogP contribution in [0.2, 0.25) is 0 Å². The first-order valence-corrected chi connectivity index (χ1v) is 6.93. The minimum atomic E-state index is 0.400. The van der Waals surface area contributed by atoms with Crippen LogP contribution in [-0.2, 0) is 11.3 Å². The van der Waals surface area contributed by atoms with Crippen LogP contribution in [0.25, 0.3) is 0 Å². The van der Waals surface area contributed by atoms with E-state index in [-0.39, 0.29) is 0 Å². The van der Waals surface area contributed by atoms with E-state index in [9.17, 15) is 0 Å². The van der Waals surface area contributed by atoms with Gasteiger partial charge in [0.15, 0.2) is 0 Å². The van der Waals surface area contributed by atoms with Gasteiger partial charge in [0.1, 0.15) is 5.75 Å². The lowest BCUT2D eigenvalue weighted by molar-refractivity contribution is 0.122. The summed E-state index contributed by atoms with van der Waals surface area (Å²) in [4.78, 5) is 0. The van der Waals surface area contributed by atoms with Crippen LogP contribution < -0.4 is 10.1 Å². The summed E-state index contributed by atoms with van der Waals surface area (Å²) in [5.41, 5.74) is 1.58. The lowest BCUT2D eigenvalue weighted by Crippen LogP contribution is -2.24. The summed E-state index contributed by atoms with van der Waals surface area (Å²) in [6, 6.07) is 7.98. The molecule has 1 aromatic rings. The van der Waals surface area contributed by atoms with Crippen LogP contribution in [0, 0.1) is 5.41 Å². The first-order chi connectivity index (χ1) is 9.01. The SMILES string of the molecule is COc1ccc(COCCNCCC(C)(C)C)cc1. The largest absolute Gasteiger partial charge is 0.497 e. The third-order valence-electron chi connectivity index (χ3n) is 2.90. The van der Waals surface area contributed by atoms with Crippen molar-refractivity contribution in [2.45, 2.75) is 33.8 Å². The zero-order chi connectivity index (χ0) is 14.1. The smallest absolute Gasteiger partial charge is 0.118 e. The Kier molecular flexibility index (Phi) is 6.89. The van der Waals surface area contributed by atoms with Gasteiger partial charge in [-0.2, -0.15) is 0 Å². The summed E-state index contributed by atoms with van der Waals surface area (Å²) in [5.74, 6) is 0.882. The molecule has 0 spiro atoms. The molecule has 0 amide bonds. The highest BCUT2D eigenvalue weighted by Gasteiger charge is 2.08.